The van der Waals surface area contributed by atoms with E-state index in [1.54, 1.807) is 0 Å². The third-order valence-electron chi connectivity index (χ3n) is 1.44. The second-order valence-electron chi connectivity index (χ2n) is 2.65. The summed E-state index contributed by atoms with van der Waals surface area (Å²) >= 11 is 0. The summed E-state index contributed by atoms with van der Waals surface area (Å²) in [5.41, 5.74) is 0. The number of hydrogen-bond donors (Lipinski definition) is 1. The lowest BCUT2D eigenvalue weighted by Gasteiger charge is -1.99. The Morgan fingerprint density at radius 3 is 2.42 bits per heavy atom. The van der Waals surface area contributed by atoms with E-state index in [1.165, 1.54) is 0 Å². The minimum absolute atomic E-state index is 0.287. The van der Waals surface area contributed by atoms with Crippen LogP contribution in [0.15, 0.2) is 36.5 Å². The van der Waals surface area contributed by atoms with Crippen molar-refractivity contribution >= 4 is 0 Å². The largest absolute Gasteiger partial charge is 0.389 e. The first-order valence-corrected chi connectivity index (χ1v) is 4.45. The number of allylic oxidation sites excluding steroid dienone is 5. The second-order valence-corrected chi connectivity index (χ2v) is 2.65. The lowest BCUT2D eigenvalue weighted by atomic mass is 10.2. The first kappa shape index (κ1) is 11.2. The smallest absolute Gasteiger partial charge is 0.0723 e. The molecular formula is C11H18O. The molecule has 1 N–H and O–H groups in total. The minimum atomic E-state index is -0.287. The Balaban J connectivity index is 3.59. The van der Waals surface area contributed by atoms with Gasteiger partial charge in [0.05, 0.1) is 6.10 Å². The molecule has 0 rings (SSSR count). The molecule has 0 aliphatic rings. The molecule has 0 aliphatic carbocycles. The monoisotopic (exact) mass is 166 g/mol. The maximum atomic E-state index is 9.27. The number of hydrogen-bond acceptors (Lipinski definition) is 1. The van der Waals surface area contributed by atoms with Crippen LogP contribution in [0.5, 0.6) is 0 Å². The van der Waals surface area contributed by atoms with Gasteiger partial charge in [-0.15, -0.1) is 0 Å². The molecule has 0 aromatic rings. The zero-order valence-electron chi connectivity index (χ0n) is 7.90. The molecule has 68 valence electrons. The van der Waals surface area contributed by atoms with Gasteiger partial charge in [0.15, 0.2) is 0 Å². The van der Waals surface area contributed by atoms with Gasteiger partial charge in [0.1, 0.15) is 0 Å². The summed E-state index contributed by atoms with van der Waals surface area (Å²) < 4.78 is 0. The van der Waals surface area contributed by atoms with Crippen LogP contribution in [0.2, 0.25) is 0 Å². The van der Waals surface area contributed by atoms with Gasteiger partial charge in [-0.3, -0.25) is 0 Å². The Morgan fingerprint density at radius 1 is 1.17 bits per heavy atom. The summed E-state index contributed by atoms with van der Waals surface area (Å²) in [4.78, 5) is 0. The topological polar surface area (TPSA) is 20.2 Å². The van der Waals surface area contributed by atoms with Gasteiger partial charge in [0.2, 0.25) is 0 Å². The highest BCUT2D eigenvalue weighted by atomic mass is 16.3. The van der Waals surface area contributed by atoms with Crippen LogP contribution < -0.4 is 0 Å². The minimum Gasteiger partial charge on any atom is -0.389 e. The third-order valence-corrected chi connectivity index (χ3v) is 1.44. The highest BCUT2D eigenvalue weighted by Gasteiger charge is 1.92. The molecule has 0 aliphatic heterocycles. The van der Waals surface area contributed by atoms with Crippen molar-refractivity contribution < 1.29 is 5.11 Å². The summed E-state index contributed by atoms with van der Waals surface area (Å²) in [6, 6.07) is 0. The second kappa shape index (κ2) is 8.28. The number of rotatable bonds is 5. The quantitative estimate of drug-likeness (QED) is 0.623. The third kappa shape index (κ3) is 7.29. The molecular weight excluding hydrogens is 148 g/mol. The lowest BCUT2D eigenvalue weighted by Crippen LogP contribution is -1.99. The fraction of sp³-hybridized carbons (Fsp3) is 0.455. The van der Waals surface area contributed by atoms with Crippen molar-refractivity contribution in [1.82, 2.24) is 0 Å². The van der Waals surface area contributed by atoms with Crippen molar-refractivity contribution in [3.63, 3.8) is 0 Å². The normalized spacial score (nSPS) is 15.2. The van der Waals surface area contributed by atoms with Gasteiger partial charge >= 0.3 is 0 Å². The van der Waals surface area contributed by atoms with E-state index in [9.17, 15) is 5.11 Å². The van der Waals surface area contributed by atoms with Gasteiger partial charge in [-0.2, -0.15) is 0 Å². The summed E-state index contributed by atoms with van der Waals surface area (Å²) in [5.74, 6) is 0. The van der Waals surface area contributed by atoms with E-state index in [2.05, 4.69) is 6.92 Å². The van der Waals surface area contributed by atoms with Gasteiger partial charge in [-0.05, 0) is 13.3 Å². The predicted molar refractivity (Wildman–Crippen MR) is 54.0 cm³/mol. The fourth-order valence-corrected chi connectivity index (χ4v) is 0.824. The molecule has 1 unspecified atom stereocenters. The summed E-state index contributed by atoms with van der Waals surface area (Å²) in [6.07, 6.45) is 13.0. The molecule has 0 saturated carbocycles. The van der Waals surface area contributed by atoms with Crippen LogP contribution in [-0.2, 0) is 0 Å². The average Bonchev–Trinajstić information content (AvgIpc) is 2.05. The van der Waals surface area contributed by atoms with Gasteiger partial charge in [0.25, 0.3) is 0 Å². The Bertz CT molecular complexity index is 166. The highest BCUT2D eigenvalue weighted by molar-refractivity contribution is 5.11. The summed E-state index contributed by atoms with van der Waals surface area (Å²) in [7, 11) is 0. The van der Waals surface area contributed by atoms with Crippen molar-refractivity contribution in [3.8, 4) is 0 Å². The standard InChI is InChI=1S/C11H18O/c1-3-5-6-7-8-10-11(12)9-4-2/h3,5-8,10-12H,4,9H2,1-2H3. The van der Waals surface area contributed by atoms with E-state index in [0.717, 1.165) is 12.8 Å². The van der Waals surface area contributed by atoms with Crippen molar-refractivity contribution in [1.29, 1.82) is 0 Å². The van der Waals surface area contributed by atoms with Gasteiger partial charge in [-0.1, -0.05) is 49.8 Å². The van der Waals surface area contributed by atoms with Crippen LogP contribution in [0.4, 0.5) is 0 Å². The van der Waals surface area contributed by atoms with Crippen LogP contribution in [-0.4, -0.2) is 11.2 Å². The molecule has 0 fully saturated rings. The molecule has 0 bridgehead atoms. The van der Waals surface area contributed by atoms with Crippen LogP contribution in [0.1, 0.15) is 26.7 Å². The van der Waals surface area contributed by atoms with Crippen LogP contribution in [0, 0.1) is 0 Å². The first-order valence-electron chi connectivity index (χ1n) is 4.45. The van der Waals surface area contributed by atoms with Crippen molar-refractivity contribution in [2.24, 2.45) is 0 Å². The van der Waals surface area contributed by atoms with Crippen molar-refractivity contribution in [3.05, 3.63) is 36.5 Å². The average molecular weight is 166 g/mol. The molecule has 12 heavy (non-hydrogen) atoms. The molecule has 0 aromatic heterocycles. The van der Waals surface area contributed by atoms with Gasteiger partial charge in [-0.25, -0.2) is 0 Å². The highest BCUT2D eigenvalue weighted by Crippen LogP contribution is 1.97. The Morgan fingerprint density at radius 2 is 1.83 bits per heavy atom. The van der Waals surface area contributed by atoms with Crippen LogP contribution >= 0.6 is 0 Å². The first-order chi connectivity index (χ1) is 5.81. The van der Waals surface area contributed by atoms with E-state index in [4.69, 9.17) is 0 Å². The van der Waals surface area contributed by atoms with Crippen molar-refractivity contribution in [2.45, 2.75) is 32.8 Å². The van der Waals surface area contributed by atoms with Gasteiger partial charge in [0, 0.05) is 0 Å². The van der Waals surface area contributed by atoms with Crippen LogP contribution in [0.3, 0.4) is 0 Å². The number of aliphatic hydroxyl groups is 1. The molecule has 0 amide bonds. The lowest BCUT2D eigenvalue weighted by molar-refractivity contribution is 0.211. The van der Waals surface area contributed by atoms with E-state index < -0.39 is 0 Å². The molecule has 1 heteroatoms. The Kier molecular flexibility index (Phi) is 7.71. The molecule has 0 spiro atoms. The molecule has 1 nitrogen and oxygen atoms in total. The summed E-state index contributed by atoms with van der Waals surface area (Å²) in [6.45, 7) is 4.03. The van der Waals surface area contributed by atoms with Crippen molar-refractivity contribution in [2.75, 3.05) is 0 Å². The van der Waals surface area contributed by atoms with Crippen LogP contribution in [0.25, 0.3) is 0 Å². The van der Waals surface area contributed by atoms with E-state index in [1.807, 2.05) is 43.4 Å². The molecule has 0 aromatic carbocycles. The summed E-state index contributed by atoms with van der Waals surface area (Å²) in [5, 5.41) is 9.27. The fourth-order valence-electron chi connectivity index (χ4n) is 0.824. The Hall–Kier alpha value is -0.820. The van der Waals surface area contributed by atoms with Gasteiger partial charge < -0.3 is 5.11 Å². The SMILES string of the molecule is CC=CC=CC=CC(O)CCC. The predicted octanol–water partition coefficient (Wildman–Crippen LogP) is 2.84. The molecule has 0 saturated heterocycles. The van der Waals surface area contributed by atoms with E-state index >= 15 is 0 Å². The molecule has 0 heterocycles. The number of aliphatic hydroxyl groups excluding tert-OH is 1. The maximum absolute atomic E-state index is 9.27. The Labute approximate surface area is 75.1 Å². The molecule has 0 radical (unpaired) electrons. The zero-order valence-corrected chi connectivity index (χ0v) is 7.90. The zero-order chi connectivity index (χ0) is 9.23. The van der Waals surface area contributed by atoms with E-state index in [0.29, 0.717) is 0 Å². The van der Waals surface area contributed by atoms with E-state index in [-0.39, 0.29) is 6.10 Å². The maximum Gasteiger partial charge on any atom is 0.0723 e. The molecule has 1 atom stereocenters.